The molecule has 0 radical (unpaired) electrons. The van der Waals surface area contributed by atoms with Gasteiger partial charge in [0, 0.05) is 0 Å². The first-order valence-corrected chi connectivity index (χ1v) is 8.74. The quantitative estimate of drug-likeness (QED) is 0.403. The van der Waals surface area contributed by atoms with E-state index in [0.29, 0.717) is 13.2 Å². The average molecular weight is 289 g/mol. The number of halogens is 1. The van der Waals surface area contributed by atoms with Crippen LogP contribution >= 0.6 is 18.6 Å². The predicted molar refractivity (Wildman–Crippen MR) is 72.2 cm³/mol. The molecule has 0 aromatic rings. The minimum Gasteiger partial charge on any atom is -0.308 e. The fourth-order valence-corrected chi connectivity index (χ4v) is 2.68. The monoisotopic (exact) mass is 288 g/mol. The summed E-state index contributed by atoms with van der Waals surface area (Å²) in [6.07, 6.45) is 6.46. The zero-order valence-electron chi connectivity index (χ0n) is 10.1. The van der Waals surface area contributed by atoms with Crippen LogP contribution in [0.3, 0.4) is 0 Å². The summed E-state index contributed by atoms with van der Waals surface area (Å²) >= 11 is 10.4. The maximum atomic E-state index is 5.41. The molecule has 0 spiro atoms. The zero-order chi connectivity index (χ0) is 12.3. The van der Waals surface area contributed by atoms with Gasteiger partial charge >= 0.3 is 6.72 Å². The number of unbranched alkanes of at least 4 members (excludes halogenated alkanes) is 4. The van der Waals surface area contributed by atoms with Crippen LogP contribution < -0.4 is 0 Å². The summed E-state index contributed by atoms with van der Waals surface area (Å²) in [6.45, 7) is 2.71. The van der Waals surface area contributed by atoms with Crippen molar-refractivity contribution in [1.82, 2.24) is 0 Å². The maximum absolute atomic E-state index is 5.41. The van der Waals surface area contributed by atoms with Crippen molar-refractivity contribution in [3.8, 4) is 0 Å². The van der Waals surface area contributed by atoms with Crippen molar-refractivity contribution in [3.05, 3.63) is 0 Å². The summed E-state index contributed by atoms with van der Waals surface area (Å²) in [5.74, 6) is 0. The fraction of sp³-hybridized carbons (Fsp3) is 1.00. The summed E-state index contributed by atoms with van der Waals surface area (Å²) < 4.78 is 15.5. The van der Waals surface area contributed by atoms with Gasteiger partial charge in [0.1, 0.15) is 0 Å². The van der Waals surface area contributed by atoms with Crippen molar-refractivity contribution in [2.75, 3.05) is 13.2 Å². The Hall–Kier alpha value is 0.820. The molecule has 6 heteroatoms. The van der Waals surface area contributed by atoms with Crippen LogP contribution in [0.4, 0.5) is 0 Å². The van der Waals surface area contributed by atoms with E-state index in [9.17, 15) is 0 Å². The third-order valence-corrected chi connectivity index (χ3v) is 4.89. The Kier molecular flexibility index (Phi) is 11.5. The van der Waals surface area contributed by atoms with Gasteiger partial charge in [0.05, 0.1) is 25.1 Å². The average Bonchev–Trinajstić information content (AvgIpc) is 2.31. The summed E-state index contributed by atoms with van der Waals surface area (Å²) in [6, 6.07) is 0. The summed E-state index contributed by atoms with van der Waals surface area (Å²) in [7, 11) is 0. The van der Waals surface area contributed by atoms with Crippen LogP contribution in [-0.4, -0.2) is 13.2 Å². The molecule has 0 atom stereocenters. The van der Waals surface area contributed by atoms with Gasteiger partial charge in [-0.3, -0.25) is 0 Å². The molecule has 0 saturated carbocycles. The van der Waals surface area contributed by atoms with Crippen molar-refractivity contribution < 1.29 is 13.1 Å². The second-order valence-electron chi connectivity index (χ2n) is 3.60. The Bertz CT molecular complexity index is 189. The predicted octanol–water partition coefficient (Wildman–Crippen LogP) is 4.79. The number of rotatable bonds is 11. The van der Waals surface area contributed by atoms with E-state index in [-0.39, 0.29) is 0 Å². The summed E-state index contributed by atoms with van der Waals surface area (Å²) in [5.41, 5.74) is 0. The minimum absolute atomic E-state index is 0.561. The van der Waals surface area contributed by atoms with Gasteiger partial charge in [-0.15, -0.1) is 0 Å². The molecule has 0 aliphatic carbocycles. The molecule has 98 valence electrons. The van der Waals surface area contributed by atoms with Crippen LogP contribution in [0.5, 0.6) is 0 Å². The molecule has 0 fully saturated rings. The Morgan fingerprint density at radius 2 is 1.38 bits per heavy atom. The third-order valence-electron chi connectivity index (χ3n) is 2.08. The van der Waals surface area contributed by atoms with Crippen LogP contribution in [0.2, 0.25) is 0 Å². The molecule has 0 aromatic heterocycles. The first-order chi connectivity index (χ1) is 7.68. The lowest BCUT2D eigenvalue weighted by molar-refractivity contribution is 0.200. The van der Waals surface area contributed by atoms with Crippen LogP contribution in [-0.2, 0) is 24.9 Å². The van der Waals surface area contributed by atoms with Crippen molar-refractivity contribution in [2.45, 2.75) is 52.4 Å². The summed E-state index contributed by atoms with van der Waals surface area (Å²) in [5, 5.41) is 0. The van der Waals surface area contributed by atoms with Crippen molar-refractivity contribution in [2.24, 2.45) is 0 Å². The highest BCUT2D eigenvalue weighted by Crippen LogP contribution is 2.51. The molecule has 0 bridgehead atoms. The van der Waals surface area contributed by atoms with Gasteiger partial charge in [-0.05, 0) is 24.6 Å². The SMILES string of the molecule is CCCCCOP(=S)(OCl)OCCCCC. The normalized spacial score (nSPS) is 11.9. The Morgan fingerprint density at radius 3 is 1.69 bits per heavy atom. The van der Waals surface area contributed by atoms with Gasteiger partial charge in [-0.1, -0.05) is 39.5 Å². The van der Waals surface area contributed by atoms with Gasteiger partial charge < -0.3 is 9.05 Å². The molecule has 0 N–H and O–H groups in total. The Balaban J connectivity index is 3.69. The molecule has 0 amide bonds. The highest BCUT2D eigenvalue weighted by atomic mass is 35.5. The molecular weight excluding hydrogens is 267 g/mol. The molecule has 0 heterocycles. The highest BCUT2D eigenvalue weighted by Gasteiger charge is 2.19. The number of hydrogen-bond acceptors (Lipinski definition) is 4. The van der Waals surface area contributed by atoms with Crippen LogP contribution in [0.15, 0.2) is 0 Å². The van der Waals surface area contributed by atoms with Gasteiger partial charge in [-0.2, -0.15) is 4.08 Å². The summed E-state index contributed by atoms with van der Waals surface area (Å²) in [4.78, 5) is 0. The second kappa shape index (κ2) is 10.9. The molecule has 0 unspecified atom stereocenters. The molecule has 3 nitrogen and oxygen atoms in total. The Labute approximate surface area is 109 Å². The van der Waals surface area contributed by atoms with Gasteiger partial charge in [-0.25, -0.2) is 0 Å². The van der Waals surface area contributed by atoms with Crippen molar-refractivity contribution in [3.63, 3.8) is 0 Å². The maximum Gasteiger partial charge on any atom is 0.343 e. The molecule has 0 aliphatic rings. The molecule has 0 aliphatic heterocycles. The van der Waals surface area contributed by atoms with Crippen LogP contribution in [0.25, 0.3) is 0 Å². The van der Waals surface area contributed by atoms with Crippen LogP contribution in [0.1, 0.15) is 52.4 Å². The van der Waals surface area contributed by atoms with Crippen molar-refractivity contribution >= 4 is 30.4 Å². The van der Waals surface area contributed by atoms with Crippen LogP contribution in [0, 0.1) is 0 Å². The molecule has 0 rings (SSSR count). The van der Waals surface area contributed by atoms with E-state index in [1.54, 1.807) is 0 Å². The van der Waals surface area contributed by atoms with Gasteiger partial charge in [0.15, 0.2) is 0 Å². The fourth-order valence-electron chi connectivity index (χ4n) is 1.13. The molecule has 16 heavy (non-hydrogen) atoms. The largest absolute Gasteiger partial charge is 0.343 e. The molecule has 0 aromatic carbocycles. The minimum atomic E-state index is -2.68. The lowest BCUT2D eigenvalue weighted by Crippen LogP contribution is -1.99. The van der Waals surface area contributed by atoms with Crippen molar-refractivity contribution in [1.29, 1.82) is 0 Å². The molecular formula is C10H22ClO3PS. The Morgan fingerprint density at radius 1 is 0.938 bits per heavy atom. The first kappa shape index (κ1) is 16.8. The molecule has 0 saturated heterocycles. The van der Waals surface area contributed by atoms with E-state index in [4.69, 9.17) is 32.7 Å². The van der Waals surface area contributed by atoms with Gasteiger partial charge in [0.25, 0.3) is 0 Å². The zero-order valence-corrected chi connectivity index (χ0v) is 12.6. The van der Waals surface area contributed by atoms with E-state index < -0.39 is 6.72 Å². The van der Waals surface area contributed by atoms with E-state index in [1.165, 1.54) is 0 Å². The van der Waals surface area contributed by atoms with Gasteiger partial charge in [0.2, 0.25) is 0 Å². The topological polar surface area (TPSA) is 27.7 Å². The lowest BCUT2D eigenvalue weighted by atomic mass is 10.3. The third kappa shape index (κ3) is 8.91. The van der Waals surface area contributed by atoms with E-state index in [1.807, 2.05) is 0 Å². The second-order valence-corrected chi connectivity index (χ2v) is 6.90. The highest BCUT2D eigenvalue weighted by molar-refractivity contribution is 8.07. The smallest absolute Gasteiger partial charge is 0.308 e. The van der Waals surface area contributed by atoms with E-state index in [0.717, 1.165) is 38.5 Å². The standard InChI is InChI=1S/C10H22ClO3PS/c1-3-5-7-9-12-15(16,14-11)13-10-8-6-4-2/h3-10H2,1-2H3. The number of hydrogen-bond donors (Lipinski definition) is 0. The first-order valence-electron chi connectivity index (χ1n) is 5.88. The van der Waals surface area contributed by atoms with E-state index >= 15 is 0 Å². The van der Waals surface area contributed by atoms with E-state index in [2.05, 4.69) is 17.9 Å². The lowest BCUT2D eigenvalue weighted by Gasteiger charge is -2.17.